The predicted octanol–water partition coefficient (Wildman–Crippen LogP) is 2.04. The fourth-order valence-corrected chi connectivity index (χ4v) is 2.18. The summed E-state index contributed by atoms with van der Waals surface area (Å²) in [5.41, 5.74) is 7.80. The number of hydrogen-bond acceptors (Lipinski definition) is 5. The molecule has 2 rings (SSSR count). The van der Waals surface area contributed by atoms with Crippen molar-refractivity contribution >= 4 is 17.3 Å². The van der Waals surface area contributed by atoms with Crippen LogP contribution in [0.1, 0.15) is 30.1 Å². The molecule has 1 aliphatic heterocycles. The van der Waals surface area contributed by atoms with Gasteiger partial charge < -0.3 is 20.5 Å². The summed E-state index contributed by atoms with van der Waals surface area (Å²) in [6.07, 6.45) is 1.82. The topological polar surface area (TPSA) is 73.6 Å². The Morgan fingerprint density at radius 3 is 2.74 bits per heavy atom. The van der Waals surface area contributed by atoms with Crippen molar-refractivity contribution in [3.63, 3.8) is 0 Å². The highest BCUT2D eigenvalue weighted by atomic mass is 16.5. The minimum absolute atomic E-state index is 0.0545. The van der Waals surface area contributed by atoms with Gasteiger partial charge in [-0.25, -0.2) is 4.79 Å². The molecule has 104 valence electrons. The van der Waals surface area contributed by atoms with Gasteiger partial charge in [0.1, 0.15) is 0 Å². The van der Waals surface area contributed by atoms with Crippen LogP contribution in [0.15, 0.2) is 18.2 Å². The highest BCUT2D eigenvalue weighted by molar-refractivity contribution is 5.92. The van der Waals surface area contributed by atoms with Gasteiger partial charge in [-0.15, -0.1) is 0 Å². The Morgan fingerprint density at radius 1 is 1.42 bits per heavy atom. The lowest BCUT2D eigenvalue weighted by Gasteiger charge is -2.35. The Bertz CT molecular complexity index is 468. The lowest BCUT2D eigenvalue weighted by molar-refractivity contribution is 0.0599. The molecule has 0 aliphatic carbocycles. The molecule has 1 heterocycles. The van der Waals surface area contributed by atoms with Crippen molar-refractivity contribution in [2.24, 2.45) is 0 Å². The van der Waals surface area contributed by atoms with Crippen LogP contribution in [0.5, 0.6) is 0 Å². The molecular formula is C14H20N2O3. The van der Waals surface area contributed by atoms with E-state index in [9.17, 15) is 4.79 Å². The van der Waals surface area contributed by atoms with Crippen LogP contribution in [-0.2, 0) is 9.47 Å². The SMILES string of the molecule is COC(=O)c1ccc(N)c(NC2(C)CCOCC2)c1. The third-order valence-corrected chi connectivity index (χ3v) is 3.51. The van der Waals surface area contributed by atoms with Crippen LogP contribution in [0.25, 0.3) is 0 Å². The lowest BCUT2D eigenvalue weighted by atomic mass is 9.92. The minimum atomic E-state index is -0.361. The first-order valence-corrected chi connectivity index (χ1v) is 6.38. The second-order valence-corrected chi connectivity index (χ2v) is 5.09. The van der Waals surface area contributed by atoms with Crippen molar-refractivity contribution in [2.75, 3.05) is 31.4 Å². The first-order chi connectivity index (χ1) is 9.04. The molecule has 0 atom stereocenters. The highest BCUT2D eigenvalue weighted by Gasteiger charge is 2.27. The highest BCUT2D eigenvalue weighted by Crippen LogP contribution is 2.29. The predicted molar refractivity (Wildman–Crippen MR) is 74.3 cm³/mol. The van der Waals surface area contributed by atoms with E-state index in [1.165, 1.54) is 7.11 Å². The molecule has 0 saturated carbocycles. The van der Waals surface area contributed by atoms with Gasteiger partial charge in [0, 0.05) is 18.8 Å². The average molecular weight is 264 g/mol. The normalized spacial score (nSPS) is 17.8. The molecule has 0 spiro atoms. The molecule has 1 aromatic rings. The van der Waals surface area contributed by atoms with Crippen molar-refractivity contribution in [1.29, 1.82) is 0 Å². The molecule has 1 saturated heterocycles. The summed E-state index contributed by atoms with van der Waals surface area (Å²) >= 11 is 0. The lowest BCUT2D eigenvalue weighted by Crippen LogP contribution is -2.40. The number of nitrogens with two attached hydrogens (primary N) is 1. The van der Waals surface area contributed by atoms with Gasteiger partial charge in [-0.2, -0.15) is 0 Å². The number of benzene rings is 1. The fraction of sp³-hybridized carbons (Fsp3) is 0.500. The van der Waals surface area contributed by atoms with Crippen molar-refractivity contribution < 1.29 is 14.3 Å². The van der Waals surface area contributed by atoms with Crippen LogP contribution < -0.4 is 11.1 Å². The molecule has 0 bridgehead atoms. The number of ether oxygens (including phenoxy) is 2. The maximum atomic E-state index is 11.5. The summed E-state index contributed by atoms with van der Waals surface area (Å²) in [7, 11) is 1.37. The molecule has 0 radical (unpaired) electrons. The van der Waals surface area contributed by atoms with E-state index in [1.807, 2.05) is 0 Å². The van der Waals surface area contributed by atoms with Gasteiger partial charge in [0.05, 0.1) is 24.0 Å². The van der Waals surface area contributed by atoms with E-state index in [-0.39, 0.29) is 11.5 Å². The summed E-state index contributed by atoms with van der Waals surface area (Å²) in [5.74, 6) is -0.361. The van der Waals surface area contributed by atoms with E-state index >= 15 is 0 Å². The number of nitrogen functional groups attached to an aromatic ring is 1. The summed E-state index contributed by atoms with van der Waals surface area (Å²) in [5, 5.41) is 3.43. The average Bonchev–Trinajstić information content (AvgIpc) is 2.41. The van der Waals surface area contributed by atoms with E-state index in [2.05, 4.69) is 12.2 Å². The first-order valence-electron chi connectivity index (χ1n) is 6.38. The Morgan fingerprint density at radius 2 is 2.11 bits per heavy atom. The smallest absolute Gasteiger partial charge is 0.337 e. The van der Waals surface area contributed by atoms with Crippen molar-refractivity contribution in [3.05, 3.63) is 23.8 Å². The molecule has 3 N–H and O–H groups in total. The van der Waals surface area contributed by atoms with Gasteiger partial charge in [0.25, 0.3) is 0 Å². The van der Waals surface area contributed by atoms with E-state index in [0.717, 1.165) is 31.7 Å². The van der Waals surface area contributed by atoms with Gasteiger partial charge in [-0.3, -0.25) is 0 Å². The van der Waals surface area contributed by atoms with Crippen molar-refractivity contribution in [1.82, 2.24) is 0 Å². The summed E-state index contributed by atoms with van der Waals surface area (Å²) < 4.78 is 10.1. The minimum Gasteiger partial charge on any atom is -0.465 e. The number of esters is 1. The van der Waals surface area contributed by atoms with E-state index < -0.39 is 0 Å². The Hall–Kier alpha value is -1.75. The molecule has 5 nitrogen and oxygen atoms in total. The monoisotopic (exact) mass is 264 g/mol. The summed E-state index contributed by atoms with van der Waals surface area (Å²) in [6.45, 7) is 3.61. The van der Waals surface area contributed by atoms with E-state index in [4.69, 9.17) is 15.2 Å². The van der Waals surface area contributed by atoms with Crippen molar-refractivity contribution in [3.8, 4) is 0 Å². The van der Waals surface area contributed by atoms with E-state index in [1.54, 1.807) is 18.2 Å². The molecule has 1 aromatic carbocycles. The first kappa shape index (κ1) is 13.7. The van der Waals surface area contributed by atoms with Crippen LogP contribution in [0.4, 0.5) is 11.4 Å². The Labute approximate surface area is 113 Å². The number of carbonyl (C=O) groups excluding carboxylic acids is 1. The Balaban J connectivity index is 2.21. The van der Waals surface area contributed by atoms with Crippen LogP contribution in [0.2, 0.25) is 0 Å². The van der Waals surface area contributed by atoms with Crippen molar-refractivity contribution in [2.45, 2.75) is 25.3 Å². The number of rotatable bonds is 3. The van der Waals surface area contributed by atoms with Crippen LogP contribution >= 0.6 is 0 Å². The number of anilines is 2. The fourth-order valence-electron chi connectivity index (χ4n) is 2.18. The number of carbonyl (C=O) groups is 1. The summed E-state index contributed by atoms with van der Waals surface area (Å²) in [4.78, 5) is 11.5. The number of nitrogens with one attached hydrogen (secondary N) is 1. The van der Waals surface area contributed by atoms with Gasteiger partial charge in [-0.1, -0.05) is 0 Å². The second kappa shape index (κ2) is 5.48. The third kappa shape index (κ3) is 3.17. The molecule has 0 aromatic heterocycles. The van der Waals surface area contributed by atoms with E-state index in [0.29, 0.717) is 11.3 Å². The molecule has 1 aliphatic rings. The van der Waals surface area contributed by atoms with Gasteiger partial charge in [0.15, 0.2) is 0 Å². The molecule has 0 amide bonds. The number of hydrogen-bond donors (Lipinski definition) is 2. The molecular weight excluding hydrogens is 244 g/mol. The van der Waals surface area contributed by atoms with Gasteiger partial charge >= 0.3 is 5.97 Å². The standard InChI is InChI=1S/C14H20N2O3/c1-14(5-7-19-8-6-14)16-12-9-10(13(17)18-2)3-4-11(12)15/h3-4,9,16H,5-8,15H2,1-2H3. The van der Waals surface area contributed by atoms with Gasteiger partial charge in [-0.05, 0) is 38.0 Å². The van der Waals surface area contributed by atoms with Crippen LogP contribution in [0.3, 0.4) is 0 Å². The Kier molecular flexibility index (Phi) is 3.95. The van der Waals surface area contributed by atoms with Crippen LogP contribution in [0, 0.1) is 0 Å². The molecule has 19 heavy (non-hydrogen) atoms. The zero-order valence-electron chi connectivity index (χ0n) is 11.4. The maximum absolute atomic E-state index is 11.5. The molecule has 5 heteroatoms. The third-order valence-electron chi connectivity index (χ3n) is 3.51. The largest absolute Gasteiger partial charge is 0.465 e. The summed E-state index contributed by atoms with van der Waals surface area (Å²) in [6, 6.07) is 5.12. The maximum Gasteiger partial charge on any atom is 0.337 e. The second-order valence-electron chi connectivity index (χ2n) is 5.09. The van der Waals surface area contributed by atoms with Crippen LogP contribution in [-0.4, -0.2) is 31.8 Å². The quantitative estimate of drug-likeness (QED) is 0.645. The zero-order chi connectivity index (χ0) is 13.9. The van der Waals surface area contributed by atoms with Gasteiger partial charge in [0.2, 0.25) is 0 Å². The number of methoxy groups -OCH3 is 1. The zero-order valence-corrected chi connectivity index (χ0v) is 11.4. The molecule has 1 fully saturated rings. The molecule has 0 unspecified atom stereocenters.